The van der Waals surface area contributed by atoms with Crippen LogP contribution in [0.4, 0.5) is 5.69 Å². The van der Waals surface area contributed by atoms with Crippen LogP contribution in [0.1, 0.15) is 49.9 Å². The van der Waals surface area contributed by atoms with Gasteiger partial charge in [0.2, 0.25) is 11.8 Å². The summed E-state index contributed by atoms with van der Waals surface area (Å²) in [6.07, 6.45) is 3.41. The van der Waals surface area contributed by atoms with E-state index in [0.29, 0.717) is 24.9 Å². The Bertz CT molecular complexity index is 986. The van der Waals surface area contributed by atoms with Gasteiger partial charge in [0.15, 0.2) is 5.78 Å². The van der Waals surface area contributed by atoms with Crippen molar-refractivity contribution in [3.05, 3.63) is 29.8 Å². The van der Waals surface area contributed by atoms with Crippen LogP contribution >= 0.6 is 0 Å². The van der Waals surface area contributed by atoms with Crippen molar-refractivity contribution in [3.8, 4) is 0 Å². The summed E-state index contributed by atoms with van der Waals surface area (Å²) in [5, 5.41) is 2.94. The average molecular weight is 498 g/mol. The zero-order valence-electron chi connectivity index (χ0n) is 21.9. The molecule has 3 aliphatic heterocycles. The van der Waals surface area contributed by atoms with E-state index in [-0.39, 0.29) is 48.6 Å². The largest absolute Gasteiger partial charge is 0.372 e. The lowest BCUT2D eigenvalue weighted by Crippen LogP contribution is -2.53. The third kappa shape index (κ3) is 5.56. The fourth-order valence-corrected chi connectivity index (χ4v) is 5.68. The van der Waals surface area contributed by atoms with Crippen molar-refractivity contribution in [1.29, 1.82) is 0 Å². The summed E-state index contributed by atoms with van der Waals surface area (Å²) in [6.45, 7) is 6.75. The molecule has 36 heavy (non-hydrogen) atoms. The zero-order valence-corrected chi connectivity index (χ0v) is 21.9. The lowest BCUT2D eigenvalue weighted by atomic mass is 10.0. The molecule has 9 heteroatoms. The number of carbonyl (C=O) groups excluding carboxylic acids is 4. The molecule has 3 saturated heterocycles. The fraction of sp³-hybridized carbons (Fsp3) is 0.630. The summed E-state index contributed by atoms with van der Waals surface area (Å²) in [5.74, 6) is -0.566. The number of fused-ring (bicyclic) bond motifs is 1. The molecule has 1 aromatic carbocycles. The number of rotatable bonds is 8. The predicted molar refractivity (Wildman–Crippen MR) is 138 cm³/mol. The normalized spacial score (nSPS) is 22.5. The van der Waals surface area contributed by atoms with Crippen molar-refractivity contribution in [3.63, 3.8) is 0 Å². The topological polar surface area (TPSA) is 93.3 Å². The molecule has 0 saturated carbocycles. The minimum atomic E-state index is -0.728. The van der Waals surface area contributed by atoms with E-state index in [1.165, 1.54) is 12.8 Å². The molecule has 4 rings (SSSR count). The summed E-state index contributed by atoms with van der Waals surface area (Å²) in [7, 11) is 3.63. The van der Waals surface area contributed by atoms with Crippen molar-refractivity contribution in [2.24, 2.45) is 5.92 Å². The van der Waals surface area contributed by atoms with Gasteiger partial charge in [0.05, 0.1) is 19.1 Å². The highest BCUT2D eigenvalue weighted by atomic mass is 16.2. The Morgan fingerprint density at radius 3 is 2.31 bits per heavy atom. The number of anilines is 1. The number of hydrogen-bond donors (Lipinski definition) is 1. The number of likely N-dealkylation sites (tertiary alicyclic amines) is 2. The van der Waals surface area contributed by atoms with Crippen LogP contribution in [0.25, 0.3) is 0 Å². The summed E-state index contributed by atoms with van der Waals surface area (Å²) < 4.78 is 0. The fourth-order valence-electron chi connectivity index (χ4n) is 5.68. The second-order valence-corrected chi connectivity index (χ2v) is 11.0. The monoisotopic (exact) mass is 497 g/mol. The van der Waals surface area contributed by atoms with E-state index in [0.717, 1.165) is 18.8 Å². The summed E-state index contributed by atoms with van der Waals surface area (Å²) >= 11 is 0. The van der Waals surface area contributed by atoms with E-state index >= 15 is 0 Å². The summed E-state index contributed by atoms with van der Waals surface area (Å²) in [4.78, 5) is 59.7. The van der Waals surface area contributed by atoms with Crippen LogP contribution in [-0.2, 0) is 14.4 Å². The molecule has 0 radical (unpaired) electrons. The minimum absolute atomic E-state index is 0.0381. The van der Waals surface area contributed by atoms with Crippen LogP contribution in [0.5, 0.6) is 0 Å². The second-order valence-electron chi connectivity index (χ2n) is 11.0. The maximum atomic E-state index is 13.7. The molecule has 1 aromatic rings. The second kappa shape index (κ2) is 11.0. The first kappa shape index (κ1) is 26.1. The lowest BCUT2D eigenvalue weighted by Gasteiger charge is -2.29. The van der Waals surface area contributed by atoms with Gasteiger partial charge in [0.25, 0.3) is 5.91 Å². The van der Waals surface area contributed by atoms with Crippen LogP contribution in [0.2, 0.25) is 0 Å². The highest BCUT2D eigenvalue weighted by Crippen LogP contribution is 2.31. The molecular weight excluding hydrogens is 458 g/mol. The molecule has 196 valence electrons. The molecule has 3 unspecified atom stereocenters. The SMILES string of the molecule is CC(C)CC(NC(=O)c1ccc(N2CCCC2)cc1)C(=O)N1CCC2C1C(=O)CN2C(=O)CN(C)C. The van der Waals surface area contributed by atoms with Gasteiger partial charge in [-0.3, -0.25) is 19.2 Å². The van der Waals surface area contributed by atoms with Gasteiger partial charge in [0, 0.05) is 30.9 Å². The van der Waals surface area contributed by atoms with E-state index in [1.807, 2.05) is 40.1 Å². The number of nitrogens with one attached hydrogen (secondary N) is 1. The number of ketones is 1. The van der Waals surface area contributed by atoms with Crippen LogP contribution in [-0.4, -0.2) is 103 Å². The van der Waals surface area contributed by atoms with Crippen molar-refractivity contribution in [2.75, 3.05) is 51.7 Å². The number of carbonyl (C=O) groups is 4. The first-order valence-corrected chi connectivity index (χ1v) is 13.1. The zero-order chi connectivity index (χ0) is 26.0. The van der Waals surface area contributed by atoms with Gasteiger partial charge in [-0.1, -0.05) is 13.8 Å². The number of likely N-dealkylation sites (N-methyl/N-ethyl adjacent to an activating group) is 1. The van der Waals surface area contributed by atoms with Crippen LogP contribution in [0.15, 0.2) is 24.3 Å². The third-order valence-electron chi connectivity index (χ3n) is 7.39. The molecule has 1 N–H and O–H groups in total. The molecule has 0 spiro atoms. The van der Waals surface area contributed by atoms with Crippen molar-refractivity contribution in [2.45, 2.75) is 57.7 Å². The molecular formula is C27H39N5O4. The molecule has 0 aromatic heterocycles. The highest BCUT2D eigenvalue weighted by Gasteiger charge is 2.52. The standard InChI is InChI=1S/C27H39N5O4/c1-18(2)15-21(28-26(35)19-7-9-20(10-8-19)30-12-5-6-13-30)27(36)31-14-11-22-25(31)23(33)16-32(22)24(34)17-29(3)4/h7-10,18,21-22,25H,5-6,11-17H2,1-4H3,(H,28,35). The highest BCUT2D eigenvalue weighted by molar-refractivity contribution is 6.01. The van der Waals surface area contributed by atoms with Crippen LogP contribution in [0.3, 0.4) is 0 Å². The number of Topliss-reactive ketones (excluding diaryl/α,β-unsaturated/α-hetero) is 1. The first-order chi connectivity index (χ1) is 17.2. The van der Waals surface area contributed by atoms with Crippen molar-refractivity contribution < 1.29 is 19.2 Å². The minimum Gasteiger partial charge on any atom is -0.372 e. The molecule has 3 heterocycles. The predicted octanol–water partition coefficient (Wildman–Crippen LogP) is 1.37. The Labute approximate surface area is 213 Å². The van der Waals surface area contributed by atoms with E-state index in [4.69, 9.17) is 0 Å². The van der Waals surface area contributed by atoms with Gasteiger partial charge < -0.3 is 24.9 Å². The number of benzene rings is 1. The number of hydrogen-bond acceptors (Lipinski definition) is 6. The molecule has 3 fully saturated rings. The molecule has 0 bridgehead atoms. The molecule has 3 aliphatic rings. The molecule has 3 amide bonds. The Morgan fingerprint density at radius 1 is 1.03 bits per heavy atom. The van der Waals surface area contributed by atoms with Gasteiger partial charge >= 0.3 is 0 Å². The molecule has 3 atom stereocenters. The van der Waals surface area contributed by atoms with E-state index < -0.39 is 12.1 Å². The Balaban J connectivity index is 1.45. The first-order valence-electron chi connectivity index (χ1n) is 13.1. The Hall–Kier alpha value is -2.94. The Kier molecular flexibility index (Phi) is 7.97. The number of amides is 3. The van der Waals surface area contributed by atoms with E-state index in [2.05, 4.69) is 10.2 Å². The Morgan fingerprint density at radius 2 is 1.69 bits per heavy atom. The summed E-state index contributed by atoms with van der Waals surface area (Å²) in [6, 6.07) is 5.88. The van der Waals surface area contributed by atoms with Gasteiger partial charge in [0.1, 0.15) is 12.1 Å². The molecule has 0 aliphatic carbocycles. The van der Waals surface area contributed by atoms with Crippen molar-refractivity contribution >= 4 is 29.2 Å². The third-order valence-corrected chi connectivity index (χ3v) is 7.39. The van der Waals surface area contributed by atoms with Gasteiger partial charge in [-0.05, 0) is 70.0 Å². The summed E-state index contributed by atoms with van der Waals surface area (Å²) in [5.41, 5.74) is 1.62. The van der Waals surface area contributed by atoms with Gasteiger partial charge in [-0.2, -0.15) is 0 Å². The average Bonchev–Trinajstić information content (AvgIpc) is 3.56. The van der Waals surface area contributed by atoms with Gasteiger partial charge in [-0.15, -0.1) is 0 Å². The maximum absolute atomic E-state index is 13.7. The van der Waals surface area contributed by atoms with Crippen molar-refractivity contribution in [1.82, 2.24) is 20.0 Å². The lowest BCUT2D eigenvalue weighted by molar-refractivity contribution is -0.138. The van der Waals surface area contributed by atoms with E-state index in [9.17, 15) is 19.2 Å². The van der Waals surface area contributed by atoms with Gasteiger partial charge in [-0.25, -0.2) is 0 Å². The quantitative estimate of drug-likeness (QED) is 0.583. The number of nitrogens with zero attached hydrogens (tertiary/aromatic N) is 4. The molecule has 9 nitrogen and oxygen atoms in total. The van der Waals surface area contributed by atoms with Crippen LogP contribution < -0.4 is 10.2 Å². The smallest absolute Gasteiger partial charge is 0.251 e. The maximum Gasteiger partial charge on any atom is 0.251 e. The van der Waals surface area contributed by atoms with E-state index in [1.54, 1.807) is 26.8 Å². The van der Waals surface area contributed by atoms with Crippen LogP contribution in [0, 0.1) is 5.92 Å².